The number of hydrogen-bond donors (Lipinski definition) is 3. The molecule has 0 aromatic heterocycles. The lowest BCUT2D eigenvalue weighted by Gasteiger charge is -2.28. The molecule has 0 spiro atoms. The molecular formula is C26H32N2O5. The van der Waals surface area contributed by atoms with E-state index in [1.54, 1.807) is 20.8 Å². The van der Waals surface area contributed by atoms with Gasteiger partial charge in [-0.3, -0.25) is 4.79 Å². The van der Waals surface area contributed by atoms with Crippen molar-refractivity contribution < 1.29 is 24.2 Å². The summed E-state index contributed by atoms with van der Waals surface area (Å²) < 4.78 is 5.55. The summed E-state index contributed by atoms with van der Waals surface area (Å²) in [4.78, 5) is 36.4. The van der Waals surface area contributed by atoms with E-state index in [0.29, 0.717) is 6.42 Å². The second-order valence-corrected chi connectivity index (χ2v) is 9.48. The summed E-state index contributed by atoms with van der Waals surface area (Å²) in [6.45, 7) is 7.28. The van der Waals surface area contributed by atoms with Crippen molar-refractivity contribution in [3.63, 3.8) is 0 Å². The number of carbonyl (C=O) groups excluding carboxylic acids is 2. The summed E-state index contributed by atoms with van der Waals surface area (Å²) in [6, 6.07) is 14.7. The van der Waals surface area contributed by atoms with Crippen LogP contribution in [-0.4, -0.2) is 41.8 Å². The molecule has 0 aliphatic heterocycles. The Labute approximate surface area is 194 Å². The number of carboxylic acids is 1. The van der Waals surface area contributed by atoms with Gasteiger partial charge in [-0.2, -0.15) is 0 Å². The van der Waals surface area contributed by atoms with Crippen LogP contribution < -0.4 is 10.6 Å². The normalized spacial score (nSPS) is 14.5. The Kier molecular flexibility index (Phi) is 7.41. The summed E-state index contributed by atoms with van der Waals surface area (Å²) in [5, 5.41) is 14.7. The number of aliphatic carboxylic acids is 1. The zero-order chi connectivity index (χ0) is 24.2. The van der Waals surface area contributed by atoms with Gasteiger partial charge in [0.1, 0.15) is 12.6 Å². The highest BCUT2D eigenvalue weighted by atomic mass is 16.5. The van der Waals surface area contributed by atoms with Gasteiger partial charge in [0.15, 0.2) is 0 Å². The van der Waals surface area contributed by atoms with Crippen LogP contribution in [0.15, 0.2) is 48.5 Å². The van der Waals surface area contributed by atoms with Crippen LogP contribution in [0.5, 0.6) is 0 Å². The SMILES string of the molecule is CCC(CC(=O)NC(C(=O)O)C(C)(C)C)NC(=O)OCC1c2ccccc2-c2ccccc21. The van der Waals surface area contributed by atoms with Crippen molar-refractivity contribution in [2.24, 2.45) is 5.41 Å². The minimum atomic E-state index is -1.09. The smallest absolute Gasteiger partial charge is 0.407 e. The summed E-state index contributed by atoms with van der Waals surface area (Å²) in [5.74, 6) is -1.56. The minimum absolute atomic E-state index is 0.0272. The third-order valence-electron chi connectivity index (χ3n) is 6.01. The molecule has 2 amide bonds. The summed E-state index contributed by atoms with van der Waals surface area (Å²) >= 11 is 0. The second kappa shape index (κ2) is 10.1. The van der Waals surface area contributed by atoms with Gasteiger partial charge >= 0.3 is 12.1 Å². The Morgan fingerprint density at radius 1 is 0.970 bits per heavy atom. The van der Waals surface area contributed by atoms with Crippen LogP contribution in [0.1, 0.15) is 57.6 Å². The first-order valence-corrected chi connectivity index (χ1v) is 11.3. The van der Waals surface area contributed by atoms with Crippen molar-refractivity contribution in [3.05, 3.63) is 59.7 Å². The van der Waals surface area contributed by atoms with Crippen molar-refractivity contribution in [3.8, 4) is 11.1 Å². The zero-order valence-corrected chi connectivity index (χ0v) is 19.6. The number of nitrogens with one attached hydrogen (secondary N) is 2. The maximum absolute atomic E-state index is 12.5. The number of alkyl carbamates (subject to hydrolysis) is 1. The van der Waals surface area contributed by atoms with Gasteiger partial charge in [-0.25, -0.2) is 9.59 Å². The van der Waals surface area contributed by atoms with E-state index in [-0.39, 0.29) is 18.9 Å². The van der Waals surface area contributed by atoms with E-state index in [1.165, 1.54) is 0 Å². The van der Waals surface area contributed by atoms with E-state index in [9.17, 15) is 19.5 Å². The maximum atomic E-state index is 12.5. The van der Waals surface area contributed by atoms with Gasteiger partial charge in [0, 0.05) is 18.4 Å². The minimum Gasteiger partial charge on any atom is -0.480 e. The molecule has 3 rings (SSSR count). The number of rotatable bonds is 8. The fourth-order valence-corrected chi connectivity index (χ4v) is 4.20. The lowest BCUT2D eigenvalue weighted by molar-refractivity contribution is -0.145. The van der Waals surface area contributed by atoms with Crippen molar-refractivity contribution in [2.45, 2.75) is 58.5 Å². The molecule has 7 heteroatoms. The highest BCUT2D eigenvalue weighted by Crippen LogP contribution is 2.44. The van der Waals surface area contributed by atoms with E-state index in [4.69, 9.17) is 4.74 Å². The quantitative estimate of drug-likeness (QED) is 0.554. The fraction of sp³-hybridized carbons (Fsp3) is 0.423. The summed E-state index contributed by atoms with van der Waals surface area (Å²) in [7, 11) is 0. The van der Waals surface area contributed by atoms with Gasteiger partial charge in [0.25, 0.3) is 0 Å². The van der Waals surface area contributed by atoms with Gasteiger partial charge in [-0.1, -0.05) is 76.2 Å². The highest BCUT2D eigenvalue weighted by Gasteiger charge is 2.33. The fourth-order valence-electron chi connectivity index (χ4n) is 4.20. The molecule has 0 saturated heterocycles. The van der Waals surface area contributed by atoms with E-state index in [2.05, 4.69) is 34.9 Å². The van der Waals surface area contributed by atoms with Gasteiger partial charge in [-0.15, -0.1) is 0 Å². The highest BCUT2D eigenvalue weighted by molar-refractivity contribution is 5.85. The lowest BCUT2D eigenvalue weighted by Crippen LogP contribution is -2.50. The molecular weight excluding hydrogens is 420 g/mol. The Bertz CT molecular complexity index is 982. The summed E-state index contributed by atoms with van der Waals surface area (Å²) in [5.41, 5.74) is 3.91. The number of amides is 2. The number of ether oxygens (including phenoxy) is 1. The van der Waals surface area contributed by atoms with Crippen molar-refractivity contribution in [1.82, 2.24) is 10.6 Å². The number of hydrogen-bond acceptors (Lipinski definition) is 4. The predicted molar refractivity (Wildman–Crippen MR) is 126 cm³/mol. The Balaban J connectivity index is 1.58. The monoisotopic (exact) mass is 452 g/mol. The van der Waals surface area contributed by atoms with Crippen LogP contribution in [0.4, 0.5) is 4.79 Å². The first-order valence-electron chi connectivity index (χ1n) is 11.3. The molecule has 0 heterocycles. The van der Waals surface area contributed by atoms with Crippen molar-refractivity contribution in [1.29, 1.82) is 0 Å². The molecule has 2 unspecified atom stereocenters. The van der Waals surface area contributed by atoms with Gasteiger partial charge in [0.05, 0.1) is 0 Å². The molecule has 2 aromatic rings. The molecule has 1 aliphatic rings. The van der Waals surface area contributed by atoms with Gasteiger partial charge in [0.2, 0.25) is 5.91 Å². The Morgan fingerprint density at radius 3 is 2.00 bits per heavy atom. The van der Waals surface area contributed by atoms with Crippen LogP contribution in [0.3, 0.4) is 0 Å². The number of carboxylic acid groups (broad SMARTS) is 1. The Morgan fingerprint density at radius 2 is 1.52 bits per heavy atom. The van der Waals surface area contributed by atoms with Crippen LogP contribution >= 0.6 is 0 Å². The van der Waals surface area contributed by atoms with Crippen LogP contribution in [0.25, 0.3) is 11.1 Å². The molecule has 1 aliphatic carbocycles. The summed E-state index contributed by atoms with van der Waals surface area (Å²) in [6.07, 6.45) is -0.118. The molecule has 0 fully saturated rings. The second-order valence-electron chi connectivity index (χ2n) is 9.48. The third kappa shape index (κ3) is 5.72. The molecule has 0 radical (unpaired) electrons. The first kappa shape index (κ1) is 24.3. The molecule has 3 N–H and O–H groups in total. The average molecular weight is 453 g/mol. The molecule has 176 valence electrons. The predicted octanol–water partition coefficient (Wildman–Crippen LogP) is 4.31. The van der Waals surface area contributed by atoms with Crippen LogP contribution in [-0.2, 0) is 14.3 Å². The van der Waals surface area contributed by atoms with Gasteiger partial charge in [-0.05, 0) is 34.1 Å². The zero-order valence-electron chi connectivity index (χ0n) is 19.6. The van der Waals surface area contributed by atoms with E-state index >= 15 is 0 Å². The molecule has 7 nitrogen and oxygen atoms in total. The van der Waals surface area contributed by atoms with Crippen molar-refractivity contribution >= 4 is 18.0 Å². The molecule has 2 aromatic carbocycles. The van der Waals surface area contributed by atoms with E-state index < -0.39 is 35.5 Å². The van der Waals surface area contributed by atoms with Crippen LogP contribution in [0.2, 0.25) is 0 Å². The number of carbonyl (C=O) groups is 3. The number of benzene rings is 2. The lowest BCUT2D eigenvalue weighted by atomic mass is 9.86. The molecule has 0 bridgehead atoms. The maximum Gasteiger partial charge on any atom is 0.407 e. The van der Waals surface area contributed by atoms with Crippen LogP contribution in [0, 0.1) is 5.41 Å². The molecule has 2 atom stereocenters. The first-order chi connectivity index (χ1) is 15.6. The molecule has 33 heavy (non-hydrogen) atoms. The number of fused-ring (bicyclic) bond motifs is 3. The largest absolute Gasteiger partial charge is 0.480 e. The molecule has 0 saturated carbocycles. The Hall–Kier alpha value is -3.35. The van der Waals surface area contributed by atoms with Crippen molar-refractivity contribution in [2.75, 3.05) is 6.61 Å². The average Bonchev–Trinajstić information content (AvgIpc) is 3.08. The van der Waals surface area contributed by atoms with E-state index in [0.717, 1.165) is 22.3 Å². The van der Waals surface area contributed by atoms with Gasteiger partial charge < -0.3 is 20.5 Å². The topological polar surface area (TPSA) is 105 Å². The third-order valence-corrected chi connectivity index (χ3v) is 6.01. The standard InChI is InChI=1S/C26H32N2O5/c1-5-16(14-22(29)28-23(24(30)31)26(2,3)4)27-25(32)33-15-21-19-12-8-6-10-17(19)18-11-7-9-13-20(18)21/h6-13,16,21,23H,5,14-15H2,1-4H3,(H,27,32)(H,28,29)(H,30,31). The van der Waals surface area contributed by atoms with E-state index in [1.807, 2.05) is 31.2 Å².